The van der Waals surface area contributed by atoms with Gasteiger partial charge in [-0.2, -0.15) is 0 Å². The maximum atomic E-state index is 12.0. The number of benzene rings is 1. The monoisotopic (exact) mass is 260 g/mol. The molecule has 5 heteroatoms. The second-order valence-corrected chi connectivity index (χ2v) is 5.29. The summed E-state index contributed by atoms with van der Waals surface area (Å²) in [7, 11) is 0. The van der Waals surface area contributed by atoms with Crippen molar-refractivity contribution in [2.75, 3.05) is 13.1 Å². The molecule has 0 atom stereocenters. The maximum Gasteiger partial charge on any atom is 0.265 e. The fraction of sp³-hybridized carbons (Fsp3) is 0.231. The minimum absolute atomic E-state index is 0.0417. The Morgan fingerprint density at radius 2 is 2.06 bits per heavy atom. The van der Waals surface area contributed by atoms with E-state index in [9.17, 15) is 9.90 Å². The van der Waals surface area contributed by atoms with Gasteiger partial charge in [-0.25, -0.2) is 4.98 Å². The zero-order valence-corrected chi connectivity index (χ0v) is 10.4. The standard InChI is InChI=1S/C13H12N2O2S/c16-10-7-15(8-10)13(17)11-6-14-12(18-11)9-4-2-1-3-5-9/h1-6,10,16H,7-8H2. The fourth-order valence-corrected chi connectivity index (χ4v) is 2.75. The average Bonchev–Trinajstić information content (AvgIpc) is 2.85. The number of likely N-dealkylation sites (tertiary alicyclic amines) is 1. The van der Waals surface area contributed by atoms with E-state index in [0.717, 1.165) is 10.6 Å². The summed E-state index contributed by atoms with van der Waals surface area (Å²) in [4.78, 5) is 18.5. The highest BCUT2D eigenvalue weighted by Crippen LogP contribution is 2.26. The van der Waals surface area contributed by atoms with E-state index in [4.69, 9.17) is 0 Å². The van der Waals surface area contributed by atoms with Crippen molar-refractivity contribution in [2.45, 2.75) is 6.10 Å². The van der Waals surface area contributed by atoms with Crippen LogP contribution in [0.25, 0.3) is 10.6 Å². The first-order valence-corrected chi connectivity index (χ1v) is 6.54. The molecule has 2 heterocycles. The number of thiazole rings is 1. The Morgan fingerprint density at radius 3 is 2.72 bits per heavy atom. The molecule has 1 amide bonds. The lowest BCUT2D eigenvalue weighted by Gasteiger charge is -2.35. The Morgan fingerprint density at radius 1 is 1.33 bits per heavy atom. The van der Waals surface area contributed by atoms with Crippen LogP contribution in [0.1, 0.15) is 9.67 Å². The Labute approximate surface area is 109 Å². The molecule has 1 aliphatic heterocycles. The van der Waals surface area contributed by atoms with Gasteiger partial charge in [-0.1, -0.05) is 30.3 Å². The SMILES string of the molecule is O=C(c1cnc(-c2ccccc2)s1)N1CC(O)C1. The maximum absolute atomic E-state index is 12.0. The van der Waals surface area contributed by atoms with Crippen molar-refractivity contribution in [2.24, 2.45) is 0 Å². The van der Waals surface area contributed by atoms with Gasteiger partial charge in [0.2, 0.25) is 0 Å². The second kappa shape index (κ2) is 4.51. The summed E-state index contributed by atoms with van der Waals surface area (Å²) in [6, 6.07) is 9.79. The van der Waals surface area contributed by atoms with Gasteiger partial charge >= 0.3 is 0 Å². The van der Waals surface area contributed by atoms with E-state index in [0.29, 0.717) is 18.0 Å². The molecule has 0 unspecified atom stereocenters. The summed E-state index contributed by atoms with van der Waals surface area (Å²) < 4.78 is 0. The minimum Gasteiger partial charge on any atom is -0.389 e. The van der Waals surface area contributed by atoms with E-state index in [1.807, 2.05) is 30.3 Å². The second-order valence-electron chi connectivity index (χ2n) is 4.26. The minimum atomic E-state index is -0.365. The van der Waals surface area contributed by atoms with Crippen molar-refractivity contribution in [1.29, 1.82) is 0 Å². The van der Waals surface area contributed by atoms with E-state index in [2.05, 4.69) is 4.98 Å². The van der Waals surface area contributed by atoms with Crippen LogP contribution in [0.4, 0.5) is 0 Å². The van der Waals surface area contributed by atoms with Gasteiger partial charge < -0.3 is 10.0 Å². The number of nitrogens with zero attached hydrogens (tertiary/aromatic N) is 2. The molecule has 1 aliphatic rings. The molecule has 0 saturated carbocycles. The van der Waals surface area contributed by atoms with Gasteiger partial charge in [0.1, 0.15) is 9.88 Å². The van der Waals surface area contributed by atoms with Gasteiger partial charge in [-0.15, -0.1) is 11.3 Å². The van der Waals surface area contributed by atoms with Crippen LogP contribution in [-0.4, -0.2) is 40.1 Å². The molecule has 1 N–H and O–H groups in total. The first kappa shape index (κ1) is 11.4. The van der Waals surface area contributed by atoms with E-state index < -0.39 is 0 Å². The molecule has 1 fully saturated rings. The smallest absolute Gasteiger partial charge is 0.265 e. The summed E-state index contributed by atoms with van der Waals surface area (Å²) in [6.07, 6.45) is 1.25. The number of aliphatic hydroxyl groups is 1. The zero-order valence-electron chi connectivity index (χ0n) is 9.61. The molecule has 2 aromatic rings. The third kappa shape index (κ3) is 2.02. The zero-order chi connectivity index (χ0) is 12.5. The highest BCUT2D eigenvalue weighted by atomic mass is 32.1. The van der Waals surface area contributed by atoms with Gasteiger partial charge in [-0.3, -0.25) is 4.79 Å². The van der Waals surface area contributed by atoms with Crippen LogP contribution in [-0.2, 0) is 0 Å². The van der Waals surface area contributed by atoms with Crippen molar-refractivity contribution in [1.82, 2.24) is 9.88 Å². The number of hydrogen-bond donors (Lipinski definition) is 1. The van der Waals surface area contributed by atoms with Crippen molar-refractivity contribution in [3.05, 3.63) is 41.4 Å². The summed E-state index contributed by atoms with van der Waals surface area (Å²) in [5.41, 5.74) is 1.02. The molecule has 1 saturated heterocycles. The van der Waals surface area contributed by atoms with E-state index in [1.54, 1.807) is 11.1 Å². The molecule has 3 rings (SSSR count). The predicted octanol–water partition coefficient (Wildman–Crippen LogP) is 1.63. The van der Waals surface area contributed by atoms with Crippen molar-refractivity contribution < 1.29 is 9.90 Å². The van der Waals surface area contributed by atoms with Crippen LogP contribution in [0.15, 0.2) is 36.5 Å². The number of carbonyl (C=O) groups is 1. The molecule has 1 aromatic heterocycles. The highest BCUT2D eigenvalue weighted by Gasteiger charge is 2.30. The molecule has 0 spiro atoms. The largest absolute Gasteiger partial charge is 0.389 e. The highest BCUT2D eigenvalue weighted by molar-refractivity contribution is 7.16. The topological polar surface area (TPSA) is 53.4 Å². The van der Waals surface area contributed by atoms with Crippen LogP contribution in [0.3, 0.4) is 0 Å². The number of aliphatic hydroxyl groups excluding tert-OH is 1. The summed E-state index contributed by atoms with van der Waals surface area (Å²) in [5, 5.41) is 10.0. The first-order valence-electron chi connectivity index (χ1n) is 5.72. The molecule has 1 aromatic carbocycles. The quantitative estimate of drug-likeness (QED) is 0.893. The fourth-order valence-electron chi connectivity index (χ4n) is 1.86. The molecule has 92 valence electrons. The average molecular weight is 260 g/mol. The number of carbonyl (C=O) groups excluding carboxylic acids is 1. The van der Waals surface area contributed by atoms with Gasteiger partial charge in [0, 0.05) is 18.7 Å². The number of aromatic nitrogens is 1. The normalized spacial score (nSPS) is 15.5. The van der Waals surface area contributed by atoms with Crippen LogP contribution in [0.2, 0.25) is 0 Å². The number of amides is 1. The van der Waals surface area contributed by atoms with Crippen LogP contribution < -0.4 is 0 Å². The van der Waals surface area contributed by atoms with Crippen molar-refractivity contribution >= 4 is 17.2 Å². The molecule has 18 heavy (non-hydrogen) atoms. The van der Waals surface area contributed by atoms with Crippen LogP contribution in [0.5, 0.6) is 0 Å². The van der Waals surface area contributed by atoms with Crippen LogP contribution >= 0.6 is 11.3 Å². The Balaban J connectivity index is 1.80. The van der Waals surface area contributed by atoms with Gasteiger partial charge in [0.05, 0.1) is 12.3 Å². The third-order valence-electron chi connectivity index (χ3n) is 2.89. The van der Waals surface area contributed by atoms with Crippen LogP contribution in [0, 0.1) is 0 Å². The Kier molecular flexibility index (Phi) is 2.85. The van der Waals surface area contributed by atoms with Gasteiger partial charge in [0.15, 0.2) is 0 Å². The first-order chi connectivity index (χ1) is 8.74. The lowest BCUT2D eigenvalue weighted by atomic mass is 10.1. The Bertz CT molecular complexity index is 561. The number of rotatable bonds is 2. The van der Waals surface area contributed by atoms with Crippen molar-refractivity contribution in [3.63, 3.8) is 0 Å². The van der Waals surface area contributed by atoms with E-state index in [1.165, 1.54) is 11.3 Å². The molecular formula is C13H12N2O2S. The summed E-state index contributed by atoms with van der Waals surface area (Å²) >= 11 is 1.39. The van der Waals surface area contributed by atoms with E-state index in [-0.39, 0.29) is 12.0 Å². The summed E-state index contributed by atoms with van der Waals surface area (Å²) in [6.45, 7) is 0.856. The van der Waals surface area contributed by atoms with Crippen molar-refractivity contribution in [3.8, 4) is 10.6 Å². The molecule has 4 nitrogen and oxygen atoms in total. The molecular weight excluding hydrogens is 248 g/mol. The van der Waals surface area contributed by atoms with E-state index >= 15 is 0 Å². The number of β-amino-alcohol motifs (C(OH)–C–C–N with tert-alkyl or cyclic N) is 1. The lowest BCUT2D eigenvalue weighted by molar-refractivity contribution is 0.00621. The Hall–Kier alpha value is -1.72. The predicted molar refractivity (Wildman–Crippen MR) is 69.5 cm³/mol. The van der Waals surface area contributed by atoms with Gasteiger partial charge in [-0.05, 0) is 0 Å². The van der Waals surface area contributed by atoms with Gasteiger partial charge in [0.25, 0.3) is 5.91 Å². The molecule has 0 bridgehead atoms. The third-order valence-corrected chi connectivity index (χ3v) is 3.92. The lowest BCUT2D eigenvalue weighted by Crippen LogP contribution is -2.53. The number of hydrogen-bond acceptors (Lipinski definition) is 4. The molecule has 0 radical (unpaired) electrons. The summed E-state index contributed by atoms with van der Waals surface area (Å²) in [5.74, 6) is -0.0417. The molecule has 0 aliphatic carbocycles.